The zero-order valence-corrected chi connectivity index (χ0v) is 27.9. The molecule has 4 rings (SSSR count). The number of hydrogen-bond acceptors (Lipinski definition) is 20. The summed E-state index contributed by atoms with van der Waals surface area (Å²) in [5.41, 5.74) is 5.99. The van der Waals surface area contributed by atoms with Gasteiger partial charge in [-0.05, 0) is 0 Å². The molecule has 0 aromatic carbocycles. The molecule has 0 aliphatic carbocycles. The van der Waals surface area contributed by atoms with E-state index in [-0.39, 0.29) is 23.3 Å². The van der Waals surface area contributed by atoms with Crippen LogP contribution in [0.25, 0.3) is 11.2 Å². The average Bonchev–Trinajstić information content (AvgIpc) is 3.56. The van der Waals surface area contributed by atoms with Gasteiger partial charge in [-0.25, -0.2) is 28.5 Å². The minimum atomic E-state index is -5.88. The SMILES string of the molecule is CC(=O)OC[C@H](F)C1O[C@@H](OP(=O)(O)OP(=O)(O)OC[C@H]2O[C@@H](n3cnc4c(N)ncnc43)C(O)C2O)C(OC(C)=O)C(C=O)[C@@H]1OC(C)=O. The Morgan fingerprint density at radius 3 is 2.30 bits per heavy atom. The maximum atomic E-state index is 15.2. The highest BCUT2D eigenvalue weighted by Crippen LogP contribution is 2.62. The van der Waals surface area contributed by atoms with Crippen molar-refractivity contribution >= 4 is 56.8 Å². The number of aliphatic hydroxyl groups excluding tert-OH is 2. The summed E-state index contributed by atoms with van der Waals surface area (Å²) in [7, 11) is -11.5. The van der Waals surface area contributed by atoms with Crippen LogP contribution in [0.3, 0.4) is 0 Å². The summed E-state index contributed by atoms with van der Waals surface area (Å²) >= 11 is 0. The highest BCUT2D eigenvalue weighted by molar-refractivity contribution is 7.61. The molecule has 4 heterocycles. The van der Waals surface area contributed by atoms with Crippen molar-refractivity contribution < 1.29 is 89.7 Å². The van der Waals surface area contributed by atoms with Gasteiger partial charge in [0.15, 0.2) is 30.0 Å². The summed E-state index contributed by atoms with van der Waals surface area (Å²) in [5.74, 6) is -4.96. The number of carbonyl (C=O) groups is 4. The van der Waals surface area contributed by atoms with Crippen molar-refractivity contribution in [1.29, 1.82) is 0 Å². The monoisotopic (exact) mass is 759 g/mol. The first-order valence-corrected chi connectivity index (χ1v) is 17.2. The second kappa shape index (κ2) is 15.8. The van der Waals surface area contributed by atoms with Crippen LogP contribution in [0.2, 0.25) is 0 Å². The van der Waals surface area contributed by atoms with Crippen LogP contribution < -0.4 is 5.73 Å². The number of phosphoric ester groups is 2. The van der Waals surface area contributed by atoms with Crippen LogP contribution in [0, 0.1) is 5.92 Å². The number of aromatic nitrogens is 4. The third kappa shape index (κ3) is 9.22. The maximum Gasteiger partial charge on any atom is 0.483 e. The molecule has 2 aromatic heterocycles. The van der Waals surface area contributed by atoms with Crippen molar-refractivity contribution in [1.82, 2.24) is 19.5 Å². The average molecular weight is 759 g/mol. The summed E-state index contributed by atoms with van der Waals surface area (Å²) < 4.78 is 81.3. The van der Waals surface area contributed by atoms with Gasteiger partial charge in [0.05, 0.1) is 18.9 Å². The molecule has 0 amide bonds. The molecule has 2 aliphatic heterocycles. The predicted molar refractivity (Wildman–Crippen MR) is 154 cm³/mol. The number of nitrogens with two attached hydrogens (primary N) is 1. The Balaban J connectivity index is 1.48. The van der Waals surface area contributed by atoms with E-state index >= 15 is 4.39 Å². The van der Waals surface area contributed by atoms with Crippen LogP contribution >= 0.6 is 15.6 Å². The number of esters is 3. The van der Waals surface area contributed by atoms with Gasteiger partial charge in [-0.15, -0.1) is 0 Å². The molecule has 50 heavy (non-hydrogen) atoms. The van der Waals surface area contributed by atoms with Crippen molar-refractivity contribution in [3.8, 4) is 0 Å². The molecule has 2 fully saturated rings. The fraction of sp³-hybridized carbons (Fsp3) is 0.625. The van der Waals surface area contributed by atoms with Crippen LogP contribution in [-0.2, 0) is 65.4 Å². The van der Waals surface area contributed by atoms with Crippen molar-refractivity contribution in [2.24, 2.45) is 5.92 Å². The molecule has 2 aromatic rings. The number of aliphatic hydroxyl groups is 2. The third-order valence-electron chi connectivity index (χ3n) is 7.05. The van der Waals surface area contributed by atoms with Gasteiger partial charge in [-0.2, -0.15) is 4.31 Å². The lowest BCUT2D eigenvalue weighted by molar-refractivity contribution is -0.276. The number of anilines is 1. The van der Waals surface area contributed by atoms with E-state index in [0.717, 1.165) is 27.1 Å². The van der Waals surface area contributed by atoms with Gasteiger partial charge in [-0.3, -0.25) is 28.0 Å². The standard InChI is InChI=1S/C24H32FN5O18P2/c1-9(32)41-5-13(25)20-18(43-10(2)33)12(4-31)19(44-11(3)34)24(46-20)47-50(39,40)48-49(37,38)42-6-14-16(35)17(36)23(45-14)30-8-29-15-21(26)27-7-28-22(15)30/h4,7-8,12-14,16-20,23-24,35-36H,5-6H2,1-3H3,(H,37,38)(H,39,40)(H2,26,27,28)/t12?,13-,14+,16?,17?,18-,19?,20?,23+,24-/m0/s1. The Kier molecular flexibility index (Phi) is 12.4. The first kappa shape index (κ1) is 39.2. The van der Waals surface area contributed by atoms with Gasteiger partial charge in [0, 0.05) is 20.8 Å². The molecule has 0 radical (unpaired) electrons. The fourth-order valence-electron chi connectivity index (χ4n) is 5.01. The van der Waals surface area contributed by atoms with E-state index in [1.165, 1.54) is 10.9 Å². The number of hydrogen-bond donors (Lipinski definition) is 5. The summed E-state index contributed by atoms with van der Waals surface area (Å²) in [6.07, 6.45) is -14.9. The number of ether oxygens (including phenoxy) is 5. The molecule has 26 heteroatoms. The Labute approximate surface area is 279 Å². The number of imidazole rings is 1. The van der Waals surface area contributed by atoms with Gasteiger partial charge < -0.3 is 54.2 Å². The second-order valence-corrected chi connectivity index (χ2v) is 13.7. The summed E-state index contributed by atoms with van der Waals surface area (Å²) in [6.45, 7) is 0.607. The van der Waals surface area contributed by atoms with Gasteiger partial charge in [-0.1, -0.05) is 0 Å². The predicted octanol–water partition coefficient (Wildman–Crippen LogP) is -1.42. The zero-order valence-electron chi connectivity index (χ0n) is 26.1. The van der Waals surface area contributed by atoms with Crippen molar-refractivity contribution in [2.45, 2.75) is 76.1 Å². The molecule has 23 nitrogen and oxygen atoms in total. The minimum absolute atomic E-state index is 0.00131. The normalized spacial score (nSPS) is 31.2. The number of nitrogens with zero attached hydrogens (tertiary/aromatic N) is 4. The molecule has 0 saturated carbocycles. The fourth-order valence-corrected chi connectivity index (χ4v) is 7.16. The minimum Gasteiger partial charge on any atom is -0.463 e. The Morgan fingerprint density at radius 2 is 1.68 bits per heavy atom. The Bertz CT molecular complexity index is 1680. The summed E-state index contributed by atoms with van der Waals surface area (Å²) in [5, 5.41) is 21.1. The molecule has 2 aliphatic rings. The first-order valence-electron chi connectivity index (χ1n) is 14.2. The maximum absolute atomic E-state index is 15.2. The molecular formula is C24H32FN5O18P2. The molecule has 278 valence electrons. The van der Waals surface area contributed by atoms with E-state index in [1.807, 2.05) is 0 Å². The lowest BCUT2D eigenvalue weighted by atomic mass is 9.88. The van der Waals surface area contributed by atoms with Gasteiger partial charge >= 0.3 is 33.6 Å². The van der Waals surface area contributed by atoms with Crippen molar-refractivity contribution in [2.75, 3.05) is 18.9 Å². The number of halogens is 1. The van der Waals surface area contributed by atoms with Crippen LogP contribution in [-0.4, -0.2) is 126 Å². The highest BCUT2D eigenvalue weighted by atomic mass is 31.3. The van der Waals surface area contributed by atoms with E-state index in [9.17, 15) is 48.3 Å². The number of carbonyl (C=O) groups excluding carboxylic acids is 4. The number of aldehydes is 1. The molecule has 0 bridgehead atoms. The Morgan fingerprint density at radius 1 is 1.02 bits per heavy atom. The number of alkyl halides is 1. The molecule has 0 spiro atoms. The molecule has 7 unspecified atom stereocenters. The summed E-state index contributed by atoms with van der Waals surface area (Å²) in [6, 6.07) is 0. The van der Waals surface area contributed by atoms with Gasteiger partial charge in [0.1, 0.15) is 55.3 Å². The number of rotatable bonds is 14. The van der Waals surface area contributed by atoms with E-state index in [1.54, 1.807) is 0 Å². The number of nitrogen functional groups attached to an aromatic ring is 1. The first-order chi connectivity index (χ1) is 23.3. The van der Waals surface area contributed by atoms with Crippen LogP contribution in [0.5, 0.6) is 0 Å². The van der Waals surface area contributed by atoms with Crippen LogP contribution in [0.4, 0.5) is 10.2 Å². The molecule has 2 saturated heterocycles. The smallest absolute Gasteiger partial charge is 0.463 e. The van der Waals surface area contributed by atoms with Gasteiger partial charge in [0.2, 0.25) is 6.29 Å². The van der Waals surface area contributed by atoms with E-state index < -0.39 is 108 Å². The highest BCUT2D eigenvalue weighted by Gasteiger charge is 2.55. The van der Waals surface area contributed by atoms with E-state index in [4.69, 9.17) is 33.7 Å². The zero-order chi connectivity index (χ0) is 37.1. The molecule has 12 atom stereocenters. The topological polar surface area (TPSA) is 327 Å². The van der Waals surface area contributed by atoms with Gasteiger partial charge in [0.25, 0.3) is 0 Å². The second-order valence-electron chi connectivity index (χ2n) is 10.7. The molecule has 6 N–H and O–H groups in total. The number of fused-ring (bicyclic) bond motifs is 1. The lowest BCUT2D eigenvalue weighted by Crippen LogP contribution is -2.60. The van der Waals surface area contributed by atoms with Crippen LogP contribution in [0.15, 0.2) is 12.7 Å². The summed E-state index contributed by atoms with van der Waals surface area (Å²) in [4.78, 5) is 79.4. The third-order valence-corrected chi connectivity index (χ3v) is 9.65. The van der Waals surface area contributed by atoms with Crippen molar-refractivity contribution in [3.63, 3.8) is 0 Å². The Hall–Kier alpha value is -3.54. The number of phosphoric acid groups is 2. The van der Waals surface area contributed by atoms with E-state index in [2.05, 4.69) is 24.0 Å². The van der Waals surface area contributed by atoms with Crippen LogP contribution in [0.1, 0.15) is 27.0 Å². The van der Waals surface area contributed by atoms with Crippen molar-refractivity contribution in [3.05, 3.63) is 12.7 Å². The largest absolute Gasteiger partial charge is 0.483 e. The quantitative estimate of drug-likeness (QED) is 0.0639. The molecular weight excluding hydrogens is 727 g/mol. The van der Waals surface area contributed by atoms with E-state index in [0.29, 0.717) is 0 Å². The lowest BCUT2D eigenvalue weighted by Gasteiger charge is -2.44.